The van der Waals surface area contributed by atoms with Gasteiger partial charge in [-0.2, -0.15) is 0 Å². The highest BCUT2D eigenvalue weighted by Gasteiger charge is 2.07. The first-order valence-electron chi connectivity index (χ1n) is 9.34. The van der Waals surface area contributed by atoms with Gasteiger partial charge in [0, 0.05) is 25.7 Å². The normalized spacial score (nSPS) is 10.6. The second kappa shape index (κ2) is 13.6. The number of nitrogens with one attached hydrogen (secondary N) is 2. The van der Waals surface area contributed by atoms with E-state index in [-0.39, 0.29) is 35.6 Å². The van der Waals surface area contributed by atoms with E-state index in [2.05, 4.69) is 15.6 Å². The summed E-state index contributed by atoms with van der Waals surface area (Å²) in [4.78, 5) is 18.6. The molecule has 0 saturated heterocycles. The Bertz CT molecular complexity index is 754. The molecule has 2 aromatic carbocycles. The predicted octanol–water partition coefficient (Wildman–Crippen LogP) is 2.72. The van der Waals surface area contributed by atoms with Crippen molar-refractivity contribution in [3.63, 3.8) is 0 Å². The molecule has 0 unspecified atom stereocenters. The van der Waals surface area contributed by atoms with Crippen LogP contribution in [0.1, 0.15) is 17.3 Å². The topological polar surface area (TPSA) is 86.2 Å². The quantitative estimate of drug-likeness (QED) is 0.208. The van der Waals surface area contributed by atoms with Crippen molar-refractivity contribution in [2.24, 2.45) is 4.99 Å². The van der Waals surface area contributed by atoms with E-state index in [1.54, 1.807) is 12.1 Å². The first-order valence-corrected chi connectivity index (χ1v) is 9.34. The highest BCUT2D eigenvalue weighted by molar-refractivity contribution is 14.0. The summed E-state index contributed by atoms with van der Waals surface area (Å²) in [5.41, 5.74) is 0.504. The Labute approximate surface area is 189 Å². The van der Waals surface area contributed by atoms with Gasteiger partial charge in [0.05, 0.1) is 13.1 Å². The van der Waals surface area contributed by atoms with Crippen molar-refractivity contribution < 1.29 is 14.6 Å². The van der Waals surface area contributed by atoms with Gasteiger partial charge in [-0.1, -0.05) is 18.2 Å². The van der Waals surface area contributed by atoms with Gasteiger partial charge in [0.2, 0.25) is 0 Å². The molecule has 0 aromatic heterocycles. The molecule has 0 aliphatic heterocycles. The molecule has 0 atom stereocenters. The molecule has 0 radical (unpaired) electrons. The molecular weight excluding hydrogens is 483 g/mol. The lowest BCUT2D eigenvalue weighted by atomic mass is 10.2. The second-order valence-corrected chi connectivity index (χ2v) is 6.12. The third kappa shape index (κ3) is 9.03. The van der Waals surface area contributed by atoms with Crippen molar-refractivity contribution >= 4 is 35.8 Å². The smallest absolute Gasteiger partial charge is 0.251 e. The number of ether oxygens (including phenoxy) is 1. The van der Waals surface area contributed by atoms with E-state index in [9.17, 15) is 9.90 Å². The Balaban J connectivity index is 0.00000420. The molecule has 0 spiro atoms. The van der Waals surface area contributed by atoms with Gasteiger partial charge in [-0.25, -0.2) is 0 Å². The van der Waals surface area contributed by atoms with Crippen LogP contribution < -0.4 is 15.4 Å². The number of amides is 1. The largest absolute Gasteiger partial charge is 0.508 e. The van der Waals surface area contributed by atoms with Crippen molar-refractivity contribution in [3.05, 3.63) is 60.2 Å². The summed E-state index contributed by atoms with van der Waals surface area (Å²) in [5.74, 6) is 1.55. The Hall–Kier alpha value is -2.49. The predicted molar refractivity (Wildman–Crippen MR) is 126 cm³/mol. The number of rotatable bonds is 9. The highest BCUT2D eigenvalue weighted by Crippen LogP contribution is 2.09. The third-order valence-corrected chi connectivity index (χ3v) is 3.92. The number of carbonyl (C=O) groups excluding carboxylic acids is 1. The number of halogens is 1. The summed E-state index contributed by atoms with van der Waals surface area (Å²) in [6, 6.07) is 15.8. The monoisotopic (exact) mass is 512 g/mol. The van der Waals surface area contributed by atoms with Gasteiger partial charge < -0.3 is 25.4 Å². The Morgan fingerprint density at radius 1 is 1.10 bits per heavy atom. The van der Waals surface area contributed by atoms with Crippen LogP contribution in [-0.4, -0.2) is 61.7 Å². The number of benzene rings is 2. The second-order valence-electron chi connectivity index (χ2n) is 6.12. The third-order valence-electron chi connectivity index (χ3n) is 3.92. The van der Waals surface area contributed by atoms with Gasteiger partial charge >= 0.3 is 0 Å². The van der Waals surface area contributed by atoms with Crippen LogP contribution in [-0.2, 0) is 0 Å². The molecule has 29 heavy (non-hydrogen) atoms. The number of phenols is 1. The van der Waals surface area contributed by atoms with Gasteiger partial charge in [-0.05, 0) is 43.3 Å². The maximum Gasteiger partial charge on any atom is 0.251 e. The average Bonchev–Trinajstić information content (AvgIpc) is 2.71. The number of aromatic hydroxyl groups is 1. The van der Waals surface area contributed by atoms with Crippen molar-refractivity contribution in [1.82, 2.24) is 15.5 Å². The number of hydrogen-bond donors (Lipinski definition) is 3. The van der Waals surface area contributed by atoms with Crippen LogP contribution in [0.5, 0.6) is 11.5 Å². The van der Waals surface area contributed by atoms with Crippen LogP contribution >= 0.6 is 24.0 Å². The number of phenolic OH excluding ortho intramolecular Hbond substituents is 1. The number of carbonyl (C=O) groups is 1. The molecule has 0 heterocycles. The molecule has 1 amide bonds. The van der Waals surface area contributed by atoms with Gasteiger partial charge in [0.15, 0.2) is 5.96 Å². The van der Waals surface area contributed by atoms with Crippen LogP contribution in [0.4, 0.5) is 0 Å². The fraction of sp³-hybridized carbons (Fsp3) is 0.333. The van der Waals surface area contributed by atoms with Crippen LogP contribution in [0.25, 0.3) is 0 Å². The highest BCUT2D eigenvalue weighted by atomic mass is 127. The van der Waals surface area contributed by atoms with Gasteiger partial charge in [0.25, 0.3) is 5.91 Å². The molecule has 0 fully saturated rings. The molecule has 2 rings (SSSR count). The lowest BCUT2D eigenvalue weighted by Gasteiger charge is -2.22. The van der Waals surface area contributed by atoms with Crippen LogP contribution in [0.3, 0.4) is 0 Å². The number of likely N-dealkylation sites (N-methyl/N-ethyl adjacent to an activating group) is 1. The number of nitrogens with zero attached hydrogens (tertiary/aromatic N) is 2. The standard InChI is InChI=1S/C21H28N4O3.HI/c1-3-22-21(25(2)15-16-28-19-7-5-4-6-8-19)24-14-13-23-20(27)17-9-11-18(26)12-10-17;/h4-12,26H,3,13-16H2,1-2H3,(H,22,24)(H,23,27);1H. The molecule has 0 bridgehead atoms. The van der Waals surface area contributed by atoms with Crippen LogP contribution in [0, 0.1) is 0 Å². The Morgan fingerprint density at radius 2 is 1.79 bits per heavy atom. The van der Waals surface area contributed by atoms with Crippen LogP contribution in [0.2, 0.25) is 0 Å². The first-order chi connectivity index (χ1) is 13.6. The van der Waals surface area contributed by atoms with Gasteiger partial charge in [-0.3, -0.25) is 9.79 Å². The zero-order valence-corrected chi connectivity index (χ0v) is 19.1. The van der Waals surface area contributed by atoms with Crippen molar-refractivity contribution in [3.8, 4) is 11.5 Å². The Morgan fingerprint density at radius 3 is 2.45 bits per heavy atom. The Kier molecular flexibility index (Phi) is 11.6. The summed E-state index contributed by atoms with van der Waals surface area (Å²) in [7, 11) is 1.95. The van der Waals surface area contributed by atoms with Gasteiger partial charge in [-0.15, -0.1) is 24.0 Å². The van der Waals surface area contributed by atoms with Crippen molar-refractivity contribution in [1.29, 1.82) is 0 Å². The number of hydrogen-bond acceptors (Lipinski definition) is 4. The first kappa shape index (κ1) is 24.5. The van der Waals surface area contributed by atoms with E-state index in [4.69, 9.17) is 4.74 Å². The van der Waals surface area contributed by atoms with E-state index in [1.807, 2.05) is 49.2 Å². The molecule has 2 aromatic rings. The van der Waals surface area contributed by atoms with Gasteiger partial charge in [0.1, 0.15) is 18.1 Å². The fourth-order valence-electron chi connectivity index (χ4n) is 2.44. The lowest BCUT2D eigenvalue weighted by molar-refractivity contribution is 0.0955. The SMILES string of the molecule is CCNC(=NCCNC(=O)c1ccc(O)cc1)N(C)CCOc1ccccc1.I. The summed E-state index contributed by atoms with van der Waals surface area (Å²) in [6.07, 6.45) is 0. The minimum Gasteiger partial charge on any atom is -0.508 e. The lowest BCUT2D eigenvalue weighted by Crippen LogP contribution is -2.41. The molecule has 3 N–H and O–H groups in total. The van der Waals surface area contributed by atoms with Crippen molar-refractivity contribution in [2.45, 2.75) is 6.92 Å². The molecule has 158 valence electrons. The molecule has 0 saturated carbocycles. The summed E-state index contributed by atoms with van der Waals surface area (Å²) < 4.78 is 5.72. The molecule has 0 aliphatic rings. The number of aliphatic imine (C=N–C) groups is 1. The van der Waals surface area contributed by atoms with Crippen LogP contribution in [0.15, 0.2) is 59.6 Å². The molecule has 0 aliphatic carbocycles. The minimum absolute atomic E-state index is 0. The number of para-hydroxylation sites is 1. The summed E-state index contributed by atoms with van der Waals surface area (Å²) in [5, 5.41) is 15.3. The van der Waals surface area contributed by atoms with Crippen molar-refractivity contribution in [2.75, 3.05) is 39.8 Å². The van der Waals surface area contributed by atoms with E-state index in [0.717, 1.165) is 18.3 Å². The zero-order valence-electron chi connectivity index (χ0n) is 16.8. The van der Waals surface area contributed by atoms with E-state index < -0.39 is 0 Å². The van der Waals surface area contributed by atoms with E-state index in [1.165, 1.54) is 12.1 Å². The van der Waals surface area contributed by atoms with E-state index >= 15 is 0 Å². The molecule has 8 heteroatoms. The zero-order chi connectivity index (χ0) is 20.2. The number of guanidine groups is 1. The average molecular weight is 512 g/mol. The molecular formula is C21H29IN4O3. The molecule has 7 nitrogen and oxygen atoms in total. The fourth-order valence-corrected chi connectivity index (χ4v) is 2.44. The maximum absolute atomic E-state index is 12.1. The van der Waals surface area contributed by atoms with E-state index in [0.29, 0.717) is 31.8 Å². The maximum atomic E-state index is 12.1. The summed E-state index contributed by atoms with van der Waals surface area (Å²) >= 11 is 0. The summed E-state index contributed by atoms with van der Waals surface area (Å²) in [6.45, 7) is 4.86. The minimum atomic E-state index is -0.190.